The minimum absolute atomic E-state index is 0.130. The van der Waals surface area contributed by atoms with Gasteiger partial charge < -0.3 is 4.42 Å². The van der Waals surface area contributed by atoms with Gasteiger partial charge in [-0.05, 0) is 35.8 Å². The quantitative estimate of drug-likeness (QED) is 0.716. The second-order valence-electron chi connectivity index (χ2n) is 4.91. The maximum absolute atomic E-state index is 11.9. The molecule has 0 N–H and O–H groups in total. The summed E-state index contributed by atoms with van der Waals surface area (Å²) in [4.78, 5) is 16.2. The van der Waals surface area contributed by atoms with Gasteiger partial charge >= 0.3 is 5.63 Å². The molecule has 1 heterocycles. The lowest BCUT2D eigenvalue weighted by Crippen LogP contribution is -2.03. The predicted octanol–water partition coefficient (Wildman–Crippen LogP) is 4.49. The minimum atomic E-state index is -0.437. The average Bonchev–Trinajstić information content (AvgIpc) is 2.55. The summed E-state index contributed by atoms with van der Waals surface area (Å²) in [5.41, 5.74) is 2.32. The first-order valence-electron chi connectivity index (χ1n) is 7.04. The van der Waals surface area contributed by atoms with Gasteiger partial charge in [0, 0.05) is 0 Å². The molecular formula is C18H14ClNO2. The maximum Gasteiger partial charge on any atom is 0.347 e. The van der Waals surface area contributed by atoms with E-state index in [4.69, 9.17) is 16.0 Å². The number of aromatic nitrogens is 1. The molecule has 0 unspecified atom stereocenters. The Labute approximate surface area is 132 Å². The number of hydrogen-bond donors (Lipinski definition) is 0. The summed E-state index contributed by atoms with van der Waals surface area (Å²) in [5, 5.41) is 0.745. The fourth-order valence-electron chi connectivity index (χ4n) is 2.18. The zero-order valence-electron chi connectivity index (χ0n) is 12.0. The third-order valence-corrected chi connectivity index (χ3v) is 3.69. The summed E-state index contributed by atoms with van der Waals surface area (Å²) in [6.07, 6.45) is 2.72. The smallest absolute Gasteiger partial charge is 0.347 e. The Morgan fingerprint density at radius 3 is 2.64 bits per heavy atom. The molecular weight excluding hydrogens is 298 g/mol. The lowest BCUT2D eigenvalue weighted by Gasteiger charge is -2.01. The molecule has 0 spiro atoms. The van der Waals surface area contributed by atoms with Crippen molar-refractivity contribution >= 4 is 33.6 Å². The highest BCUT2D eigenvalue weighted by molar-refractivity contribution is 6.50. The average molecular weight is 312 g/mol. The van der Waals surface area contributed by atoms with Crippen LogP contribution in [0.5, 0.6) is 0 Å². The topological polar surface area (TPSA) is 43.1 Å². The number of rotatable bonds is 3. The van der Waals surface area contributed by atoms with E-state index in [9.17, 15) is 4.79 Å². The number of benzene rings is 2. The molecule has 0 radical (unpaired) electrons. The van der Waals surface area contributed by atoms with Crippen LogP contribution in [-0.2, 0) is 6.42 Å². The summed E-state index contributed by atoms with van der Waals surface area (Å²) in [7, 11) is 0. The minimum Gasteiger partial charge on any atom is -0.402 e. The number of fused-ring (bicyclic) bond motifs is 1. The highest BCUT2D eigenvalue weighted by atomic mass is 35.5. The van der Waals surface area contributed by atoms with Gasteiger partial charge in [-0.25, -0.2) is 9.78 Å². The Kier molecular flexibility index (Phi) is 4.07. The Morgan fingerprint density at radius 2 is 1.91 bits per heavy atom. The summed E-state index contributed by atoms with van der Waals surface area (Å²) in [6.45, 7) is 2.10. The fraction of sp³-hybridized carbons (Fsp3) is 0.111. The fourth-order valence-corrected chi connectivity index (χ4v) is 2.39. The van der Waals surface area contributed by atoms with Crippen molar-refractivity contribution in [3.8, 4) is 0 Å². The zero-order chi connectivity index (χ0) is 15.5. The Morgan fingerprint density at radius 1 is 1.18 bits per heavy atom. The first-order chi connectivity index (χ1) is 10.7. The van der Waals surface area contributed by atoms with E-state index in [0.29, 0.717) is 15.9 Å². The standard InChI is InChI=1S/C18H14ClNO2/c1-2-12-7-9-13(10-8-12)11-15(19)17-20-16-6-4-3-5-14(16)18(21)22-17/h3-11H,2H2,1H3/b15-11-. The van der Waals surface area contributed by atoms with Crippen LogP contribution in [0.15, 0.2) is 57.7 Å². The molecule has 0 bridgehead atoms. The molecule has 0 aliphatic heterocycles. The molecule has 4 heteroatoms. The molecule has 2 aromatic carbocycles. The highest BCUT2D eigenvalue weighted by Crippen LogP contribution is 2.21. The van der Waals surface area contributed by atoms with E-state index in [1.165, 1.54) is 5.56 Å². The largest absolute Gasteiger partial charge is 0.402 e. The van der Waals surface area contributed by atoms with Gasteiger partial charge in [-0.15, -0.1) is 0 Å². The first kappa shape index (κ1) is 14.5. The number of aryl methyl sites for hydroxylation is 1. The van der Waals surface area contributed by atoms with Crippen LogP contribution in [0.1, 0.15) is 23.9 Å². The Bertz CT molecular complexity index is 895. The molecule has 110 valence electrons. The lowest BCUT2D eigenvalue weighted by molar-refractivity contribution is 0.489. The Hall–Kier alpha value is -2.39. The normalized spacial score (nSPS) is 11.8. The van der Waals surface area contributed by atoms with Gasteiger partial charge in [0.2, 0.25) is 5.89 Å². The number of halogens is 1. The molecule has 0 saturated heterocycles. The third-order valence-electron chi connectivity index (χ3n) is 3.42. The van der Waals surface area contributed by atoms with Crippen molar-refractivity contribution in [2.24, 2.45) is 0 Å². The van der Waals surface area contributed by atoms with Gasteiger partial charge in [-0.2, -0.15) is 0 Å². The van der Waals surface area contributed by atoms with Crippen molar-refractivity contribution in [3.05, 3.63) is 76.0 Å². The molecule has 3 rings (SSSR count). The van der Waals surface area contributed by atoms with Crippen LogP contribution in [0.3, 0.4) is 0 Å². The van der Waals surface area contributed by atoms with Gasteiger partial charge in [0.25, 0.3) is 0 Å². The summed E-state index contributed by atoms with van der Waals surface area (Å²) >= 11 is 6.25. The molecule has 1 aromatic heterocycles. The first-order valence-corrected chi connectivity index (χ1v) is 7.41. The third kappa shape index (κ3) is 2.95. The van der Waals surface area contributed by atoms with E-state index in [2.05, 4.69) is 11.9 Å². The van der Waals surface area contributed by atoms with Crippen LogP contribution in [0.25, 0.3) is 22.0 Å². The van der Waals surface area contributed by atoms with Crippen LogP contribution in [0.4, 0.5) is 0 Å². The summed E-state index contributed by atoms with van der Waals surface area (Å²) in [6, 6.07) is 15.1. The molecule has 0 aliphatic carbocycles. The highest BCUT2D eigenvalue weighted by Gasteiger charge is 2.09. The number of para-hydroxylation sites is 1. The molecule has 3 nitrogen and oxygen atoms in total. The predicted molar refractivity (Wildman–Crippen MR) is 89.8 cm³/mol. The molecule has 0 aliphatic rings. The number of hydrogen-bond acceptors (Lipinski definition) is 3. The van der Waals surface area contributed by atoms with Crippen LogP contribution in [0, 0.1) is 0 Å². The second kappa shape index (κ2) is 6.16. The van der Waals surface area contributed by atoms with Gasteiger partial charge in [0.1, 0.15) is 5.03 Å². The van der Waals surface area contributed by atoms with Crippen molar-refractivity contribution in [2.75, 3.05) is 0 Å². The summed E-state index contributed by atoms with van der Waals surface area (Å²) < 4.78 is 5.20. The molecule has 0 fully saturated rings. The Balaban J connectivity index is 2.02. The zero-order valence-corrected chi connectivity index (χ0v) is 12.8. The van der Waals surface area contributed by atoms with Crippen LogP contribution in [0.2, 0.25) is 0 Å². The van der Waals surface area contributed by atoms with Crippen LogP contribution < -0.4 is 5.63 Å². The second-order valence-corrected chi connectivity index (χ2v) is 5.32. The summed E-state index contributed by atoms with van der Waals surface area (Å²) in [5.74, 6) is 0.130. The molecule has 0 amide bonds. The van der Waals surface area contributed by atoms with E-state index in [1.807, 2.05) is 30.3 Å². The van der Waals surface area contributed by atoms with E-state index in [0.717, 1.165) is 12.0 Å². The van der Waals surface area contributed by atoms with Crippen molar-refractivity contribution < 1.29 is 4.42 Å². The van der Waals surface area contributed by atoms with E-state index >= 15 is 0 Å². The molecule has 3 aromatic rings. The molecule has 0 saturated carbocycles. The van der Waals surface area contributed by atoms with Gasteiger partial charge in [-0.3, -0.25) is 0 Å². The molecule has 22 heavy (non-hydrogen) atoms. The van der Waals surface area contributed by atoms with Crippen molar-refractivity contribution in [1.29, 1.82) is 0 Å². The maximum atomic E-state index is 11.9. The van der Waals surface area contributed by atoms with Crippen LogP contribution in [-0.4, -0.2) is 4.98 Å². The van der Waals surface area contributed by atoms with Crippen molar-refractivity contribution in [3.63, 3.8) is 0 Å². The molecule has 0 atom stereocenters. The number of nitrogens with zero attached hydrogens (tertiary/aromatic N) is 1. The van der Waals surface area contributed by atoms with Gasteiger partial charge in [-0.1, -0.05) is 54.9 Å². The van der Waals surface area contributed by atoms with E-state index < -0.39 is 5.63 Å². The van der Waals surface area contributed by atoms with E-state index in [1.54, 1.807) is 24.3 Å². The van der Waals surface area contributed by atoms with E-state index in [-0.39, 0.29) is 5.89 Å². The SMILES string of the molecule is CCc1ccc(/C=C(\Cl)c2nc3ccccc3c(=O)o2)cc1. The van der Waals surface area contributed by atoms with Crippen LogP contribution >= 0.6 is 11.6 Å². The van der Waals surface area contributed by atoms with Gasteiger partial charge in [0.05, 0.1) is 10.9 Å². The van der Waals surface area contributed by atoms with Gasteiger partial charge in [0.15, 0.2) is 0 Å². The van der Waals surface area contributed by atoms with Crippen molar-refractivity contribution in [2.45, 2.75) is 13.3 Å². The lowest BCUT2D eigenvalue weighted by atomic mass is 10.1. The van der Waals surface area contributed by atoms with Crippen molar-refractivity contribution in [1.82, 2.24) is 4.98 Å². The monoisotopic (exact) mass is 311 g/mol.